The number of amides is 2. The van der Waals surface area contributed by atoms with Gasteiger partial charge in [0, 0.05) is 36.4 Å². The monoisotopic (exact) mass is 593 g/mol. The molecule has 2 aliphatic carbocycles. The van der Waals surface area contributed by atoms with Crippen LogP contribution in [0.3, 0.4) is 0 Å². The zero-order valence-electron chi connectivity index (χ0n) is 24.2. The van der Waals surface area contributed by atoms with Crippen LogP contribution in [0.2, 0.25) is 0 Å². The second kappa shape index (κ2) is 12.1. The molecule has 0 saturated heterocycles. The number of ether oxygens (including phenoxy) is 1. The van der Waals surface area contributed by atoms with Crippen molar-refractivity contribution in [3.8, 4) is 22.9 Å². The number of carbonyl (C=O) groups is 2. The Hall–Kier alpha value is -5.35. The second-order valence-corrected chi connectivity index (χ2v) is 10.9. The Labute approximate surface area is 253 Å². The number of hydrogen-bond donors (Lipinski definition) is 4. The third-order valence-corrected chi connectivity index (χ3v) is 7.99. The molecule has 1 unspecified atom stereocenters. The quantitative estimate of drug-likeness (QED) is 0.211. The fraction of sp³-hybridized carbons (Fsp3) is 0.323. The van der Waals surface area contributed by atoms with Crippen molar-refractivity contribution < 1.29 is 19.4 Å². The predicted octanol–water partition coefficient (Wildman–Crippen LogP) is 3.75. The number of methoxy groups -OCH3 is 1. The molecule has 3 aromatic heterocycles. The maximum Gasteiger partial charge on any atom is 0.273 e. The Kier molecular flexibility index (Phi) is 7.91. The van der Waals surface area contributed by atoms with E-state index < -0.39 is 12.0 Å². The van der Waals surface area contributed by atoms with E-state index in [1.807, 2.05) is 35.1 Å². The van der Waals surface area contributed by atoms with E-state index in [2.05, 4.69) is 36.2 Å². The fourth-order valence-electron chi connectivity index (χ4n) is 5.34. The minimum atomic E-state index is -0.748. The van der Waals surface area contributed by atoms with Gasteiger partial charge in [0.15, 0.2) is 11.5 Å². The summed E-state index contributed by atoms with van der Waals surface area (Å²) in [6.45, 7) is 0. The van der Waals surface area contributed by atoms with Gasteiger partial charge in [0.2, 0.25) is 5.91 Å². The van der Waals surface area contributed by atoms with Crippen molar-refractivity contribution in [3.05, 3.63) is 71.9 Å². The third kappa shape index (κ3) is 5.80. The van der Waals surface area contributed by atoms with E-state index in [-0.39, 0.29) is 41.0 Å². The van der Waals surface area contributed by atoms with Crippen molar-refractivity contribution in [2.45, 2.75) is 37.8 Å². The van der Waals surface area contributed by atoms with Crippen molar-refractivity contribution in [3.63, 3.8) is 0 Å². The Morgan fingerprint density at radius 2 is 1.93 bits per heavy atom. The number of aromatic nitrogens is 5. The molecule has 1 aromatic carbocycles. The van der Waals surface area contributed by atoms with Gasteiger partial charge < -0.3 is 25.8 Å². The molecule has 0 radical (unpaired) electrons. The van der Waals surface area contributed by atoms with E-state index in [1.54, 1.807) is 37.6 Å². The molecule has 0 aliphatic heterocycles. The van der Waals surface area contributed by atoms with Crippen LogP contribution in [-0.4, -0.2) is 56.0 Å². The largest absolute Gasteiger partial charge is 0.494 e. The molecule has 0 spiro atoms. The molecular weight excluding hydrogens is 562 g/mol. The minimum Gasteiger partial charge on any atom is -0.494 e. The third-order valence-electron chi connectivity index (χ3n) is 7.99. The van der Waals surface area contributed by atoms with Gasteiger partial charge in [0.1, 0.15) is 17.5 Å². The number of rotatable bonds is 10. The number of para-hydroxylation sites is 1. The minimum absolute atomic E-state index is 0.0126. The van der Waals surface area contributed by atoms with Crippen LogP contribution in [0.1, 0.15) is 59.7 Å². The van der Waals surface area contributed by atoms with E-state index in [1.165, 1.54) is 7.05 Å². The summed E-state index contributed by atoms with van der Waals surface area (Å²) in [5.41, 5.74) is 3.39. The lowest BCUT2D eigenvalue weighted by Gasteiger charge is -2.38. The summed E-state index contributed by atoms with van der Waals surface area (Å²) in [5, 5.41) is 41.2. The van der Waals surface area contributed by atoms with Gasteiger partial charge in [-0.05, 0) is 49.8 Å². The van der Waals surface area contributed by atoms with Crippen molar-refractivity contribution in [2.24, 2.45) is 11.8 Å². The molecule has 44 heavy (non-hydrogen) atoms. The molecule has 13 nitrogen and oxygen atoms in total. The first-order chi connectivity index (χ1) is 21.4. The number of aliphatic hydroxyl groups is 1. The van der Waals surface area contributed by atoms with Crippen molar-refractivity contribution >= 4 is 29.0 Å². The summed E-state index contributed by atoms with van der Waals surface area (Å²) in [5.74, 6) is 0.213. The average Bonchev–Trinajstić information content (AvgIpc) is 3.78. The van der Waals surface area contributed by atoms with E-state index >= 15 is 0 Å². The number of nitrogens with zero attached hydrogens (tertiary/aromatic N) is 6. The Balaban J connectivity index is 1.20. The molecule has 0 bridgehead atoms. The van der Waals surface area contributed by atoms with Crippen LogP contribution in [0.4, 0.5) is 17.2 Å². The highest BCUT2D eigenvalue weighted by Gasteiger charge is 2.37. The molecule has 2 fully saturated rings. The van der Waals surface area contributed by atoms with Gasteiger partial charge in [-0.15, -0.1) is 10.2 Å². The standard InChI is InChI=1S/C31H31N9O4/c1-33-31(43)27-25(13-26(38-39-27)37-30(42)17-9-10-17)36-24-8-4-6-22(29(24)44-2)19-15-34-40(16-19)21-11-18(12-21)28(41)23-7-3-5-20(14-32)35-23/h3-8,13,15-18,21,28,41H,9-12H2,1-2H3,(H,33,43)(H2,36,37,38,42). The predicted molar refractivity (Wildman–Crippen MR) is 160 cm³/mol. The van der Waals surface area contributed by atoms with Crippen LogP contribution in [0, 0.1) is 23.2 Å². The van der Waals surface area contributed by atoms with E-state index in [4.69, 9.17) is 10.00 Å². The number of nitriles is 1. The van der Waals surface area contributed by atoms with Crippen LogP contribution in [0.25, 0.3) is 11.1 Å². The molecule has 1 atom stereocenters. The molecule has 3 heterocycles. The first-order valence-electron chi connectivity index (χ1n) is 14.3. The maximum absolute atomic E-state index is 12.6. The Morgan fingerprint density at radius 1 is 1.14 bits per heavy atom. The maximum atomic E-state index is 12.6. The molecule has 4 aromatic rings. The molecular formula is C31H31N9O4. The molecule has 2 aliphatic rings. The molecule has 224 valence electrons. The fourth-order valence-corrected chi connectivity index (χ4v) is 5.34. The van der Waals surface area contributed by atoms with Crippen LogP contribution in [-0.2, 0) is 4.79 Å². The molecule has 2 amide bonds. The normalized spacial score (nSPS) is 18.0. The van der Waals surface area contributed by atoms with Gasteiger partial charge in [-0.3, -0.25) is 14.3 Å². The summed E-state index contributed by atoms with van der Waals surface area (Å²) in [6.07, 6.45) is 6.09. The number of anilines is 3. The number of hydrogen-bond acceptors (Lipinski definition) is 10. The lowest BCUT2D eigenvalue weighted by molar-refractivity contribution is -0.117. The van der Waals surface area contributed by atoms with Crippen LogP contribution in [0.15, 0.2) is 54.9 Å². The van der Waals surface area contributed by atoms with E-state index in [0.29, 0.717) is 22.8 Å². The second-order valence-electron chi connectivity index (χ2n) is 10.9. The smallest absolute Gasteiger partial charge is 0.273 e. The van der Waals surface area contributed by atoms with Gasteiger partial charge >= 0.3 is 0 Å². The number of benzene rings is 1. The summed E-state index contributed by atoms with van der Waals surface area (Å²) in [4.78, 5) is 29.1. The SMILES string of the molecule is CNC(=O)c1nnc(NC(=O)C2CC2)cc1Nc1cccc(-c2cnn(C3CC(C(O)c4cccc(C#N)n4)C3)c2)c1OC. The number of aliphatic hydroxyl groups excluding tert-OH is 1. The molecule has 6 rings (SSSR count). The number of carbonyl (C=O) groups excluding carboxylic acids is 2. The van der Waals surface area contributed by atoms with Gasteiger partial charge in [-0.2, -0.15) is 10.4 Å². The zero-order chi connectivity index (χ0) is 30.8. The highest BCUT2D eigenvalue weighted by atomic mass is 16.5. The summed E-state index contributed by atoms with van der Waals surface area (Å²) in [6, 6.07) is 14.4. The lowest BCUT2D eigenvalue weighted by atomic mass is 9.76. The topological polar surface area (TPSA) is 180 Å². The van der Waals surface area contributed by atoms with Crippen LogP contribution in [0.5, 0.6) is 5.75 Å². The van der Waals surface area contributed by atoms with E-state index in [0.717, 1.165) is 36.8 Å². The first-order valence-corrected chi connectivity index (χ1v) is 14.3. The van der Waals surface area contributed by atoms with Crippen molar-refractivity contribution in [2.75, 3.05) is 24.8 Å². The van der Waals surface area contributed by atoms with Gasteiger partial charge in [-0.1, -0.05) is 18.2 Å². The highest BCUT2D eigenvalue weighted by molar-refractivity contribution is 6.00. The Morgan fingerprint density at radius 3 is 2.66 bits per heavy atom. The Bertz CT molecular complexity index is 1760. The van der Waals surface area contributed by atoms with Crippen molar-refractivity contribution in [1.29, 1.82) is 5.26 Å². The number of nitrogens with one attached hydrogen (secondary N) is 3. The molecule has 13 heteroatoms. The molecule has 2 saturated carbocycles. The van der Waals surface area contributed by atoms with Crippen LogP contribution >= 0.6 is 0 Å². The number of pyridine rings is 1. The summed E-state index contributed by atoms with van der Waals surface area (Å²) >= 11 is 0. The molecule has 4 N–H and O–H groups in total. The van der Waals surface area contributed by atoms with E-state index in [9.17, 15) is 14.7 Å². The zero-order valence-corrected chi connectivity index (χ0v) is 24.2. The van der Waals surface area contributed by atoms with Gasteiger partial charge in [0.25, 0.3) is 5.91 Å². The summed E-state index contributed by atoms with van der Waals surface area (Å²) < 4.78 is 7.71. The summed E-state index contributed by atoms with van der Waals surface area (Å²) in [7, 11) is 3.07. The highest BCUT2D eigenvalue weighted by Crippen LogP contribution is 2.45. The van der Waals surface area contributed by atoms with Gasteiger partial charge in [0.05, 0.1) is 42.5 Å². The average molecular weight is 594 g/mol. The van der Waals surface area contributed by atoms with Crippen LogP contribution < -0.4 is 20.7 Å². The van der Waals surface area contributed by atoms with Crippen molar-refractivity contribution in [1.82, 2.24) is 30.3 Å². The lowest BCUT2D eigenvalue weighted by Crippen LogP contribution is -2.31. The van der Waals surface area contributed by atoms with Gasteiger partial charge in [-0.25, -0.2) is 4.98 Å². The first kappa shape index (κ1) is 28.8.